The maximum Gasteiger partial charge on any atom is 0.333 e. The van der Waals surface area contributed by atoms with Gasteiger partial charge < -0.3 is 33.7 Å². The van der Waals surface area contributed by atoms with Crippen LogP contribution in [0, 0.1) is 5.41 Å². The molecule has 222 valence electrons. The van der Waals surface area contributed by atoms with Crippen molar-refractivity contribution in [1.29, 1.82) is 0 Å². The number of likely N-dealkylation sites (tertiary alicyclic amines) is 1. The smallest absolute Gasteiger partial charge is 0.333 e. The zero-order valence-corrected chi connectivity index (χ0v) is 23.9. The summed E-state index contributed by atoms with van der Waals surface area (Å²) in [5.41, 5.74) is -0.820. The van der Waals surface area contributed by atoms with E-state index in [4.69, 9.17) is 23.7 Å². The van der Waals surface area contributed by atoms with Crippen LogP contribution in [0.1, 0.15) is 73.1 Å². The highest BCUT2D eigenvalue weighted by atomic mass is 16.6. The Hall–Kier alpha value is -2.50. The number of hydrogen-bond acceptors (Lipinski definition) is 10. The van der Waals surface area contributed by atoms with Crippen molar-refractivity contribution in [1.82, 2.24) is 4.90 Å². The van der Waals surface area contributed by atoms with Crippen molar-refractivity contribution < 1.29 is 48.0 Å². The van der Waals surface area contributed by atoms with Gasteiger partial charge in [-0.15, -0.1) is 0 Å². The van der Waals surface area contributed by atoms with E-state index in [9.17, 15) is 24.3 Å². The van der Waals surface area contributed by atoms with E-state index >= 15 is 0 Å². The van der Waals surface area contributed by atoms with E-state index < -0.39 is 41.6 Å². The van der Waals surface area contributed by atoms with Gasteiger partial charge in [-0.05, 0) is 40.0 Å². The number of aliphatic hydroxyl groups excluding tert-OH is 1. The van der Waals surface area contributed by atoms with Gasteiger partial charge in [0.2, 0.25) is 5.91 Å². The summed E-state index contributed by atoms with van der Waals surface area (Å²) in [5.74, 6) is -1.46. The van der Waals surface area contributed by atoms with Gasteiger partial charge in [-0.1, -0.05) is 13.5 Å². The molecule has 0 spiro atoms. The minimum Gasteiger partial charge on any atom is -0.462 e. The molecule has 11 heteroatoms. The molecule has 0 saturated carbocycles. The predicted octanol–water partition coefficient (Wildman–Crippen LogP) is 2.32. The molecule has 39 heavy (non-hydrogen) atoms. The Morgan fingerprint density at radius 3 is 2.41 bits per heavy atom. The zero-order chi connectivity index (χ0) is 29.2. The first-order chi connectivity index (χ1) is 18.3. The molecule has 2 rings (SSSR count). The monoisotopic (exact) mass is 555 g/mol. The van der Waals surface area contributed by atoms with Crippen LogP contribution in [0.25, 0.3) is 0 Å². The average molecular weight is 556 g/mol. The van der Waals surface area contributed by atoms with Gasteiger partial charge in [-0.3, -0.25) is 14.4 Å². The Labute approximate surface area is 231 Å². The quantitative estimate of drug-likeness (QED) is 0.116. The molecular weight excluding hydrogens is 510 g/mol. The van der Waals surface area contributed by atoms with Gasteiger partial charge in [0, 0.05) is 44.3 Å². The third-order valence-electron chi connectivity index (χ3n) is 6.96. The number of epoxide rings is 1. The average Bonchev–Trinajstić information content (AvgIpc) is 3.60. The number of amides is 1. The minimum absolute atomic E-state index is 0.0630. The molecule has 6 unspecified atom stereocenters. The Kier molecular flexibility index (Phi) is 12.9. The fraction of sp³-hybridized carbons (Fsp3) is 0.786. The Bertz CT molecular complexity index is 872. The van der Waals surface area contributed by atoms with Gasteiger partial charge in [0.25, 0.3) is 0 Å². The van der Waals surface area contributed by atoms with Gasteiger partial charge in [0.05, 0.1) is 24.7 Å². The summed E-state index contributed by atoms with van der Waals surface area (Å²) in [7, 11) is 0. The van der Waals surface area contributed by atoms with Crippen molar-refractivity contribution in [2.45, 2.75) is 104 Å². The van der Waals surface area contributed by atoms with E-state index in [2.05, 4.69) is 6.58 Å². The molecule has 1 N–H and O–H groups in total. The molecule has 0 radical (unpaired) electrons. The lowest BCUT2D eigenvalue weighted by atomic mass is 9.77. The van der Waals surface area contributed by atoms with Gasteiger partial charge in [0.15, 0.2) is 0 Å². The van der Waals surface area contributed by atoms with Crippen LogP contribution in [0.3, 0.4) is 0 Å². The summed E-state index contributed by atoms with van der Waals surface area (Å²) in [6, 6.07) is -0.206. The third-order valence-corrected chi connectivity index (χ3v) is 6.96. The van der Waals surface area contributed by atoms with Crippen molar-refractivity contribution in [3.63, 3.8) is 0 Å². The van der Waals surface area contributed by atoms with Gasteiger partial charge in [-0.2, -0.15) is 0 Å². The minimum atomic E-state index is -1.05. The molecule has 0 bridgehead atoms. The zero-order valence-electron chi connectivity index (χ0n) is 23.9. The number of hydrogen-bond donors (Lipinski definition) is 1. The molecule has 0 aromatic heterocycles. The van der Waals surface area contributed by atoms with E-state index in [1.807, 2.05) is 13.8 Å². The molecule has 2 aliphatic heterocycles. The van der Waals surface area contributed by atoms with E-state index in [0.717, 1.165) is 6.42 Å². The second-order valence-corrected chi connectivity index (χ2v) is 10.9. The number of carbonyl (C=O) groups excluding carboxylic acids is 4. The molecule has 0 aromatic rings. The highest BCUT2D eigenvalue weighted by molar-refractivity contribution is 5.86. The van der Waals surface area contributed by atoms with Crippen molar-refractivity contribution in [3.05, 3.63) is 12.2 Å². The molecule has 0 aromatic carbocycles. The number of nitrogens with zero attached hydrogens (tertiary/aromatic N) is 1. The predicted molar refractivity (Wildman–Crippen MR) is 140 cm³/mol. The first kappa shape index (κ1) is 32.7. The highest BCUT2D eigenvalue weighted by Crippen LogP contribution is 2.36. The maximum absolute atomic E-state index is 13.4. The second kappa shape index (κ2) is 15.3. The van der Waals surface area contributed by atoms with Crippen LogP contribution in [0.4, 0.5) is 0 Å². The van der Waals surface area contributed by atoms with Crippen LogP contribution < -0.4 is 0 Å². The SMILES string of the molecule is C=C(C)C(=O)OCC(O)COC(CC)CC(CC(C)(CC(C)N1CCCC1=O)C(=O)OCC1CO1)OC(C)=O. The van der Waals surface area contributed by atoms with E-state index in [-0.39, 0.29) is 56.3 Å². The number of carbonyl (C=O) groups is 4. The number of ether oxygens (including phenoxy) is 5. The molecule has 6 atom stereocenters. The standard InChI is InChI=1S/C28H45NO10/c1-7-22(35-14-21(31)15-37-26(33)18(2)3)11-23(39-20(5)30)13-28(6,27(34)38-17-24-16-36-24)12-19(4)29-10-8-9-25(29)32/h19,21-24,31H,2,7-17H2,1,3-6H3. The van der Waals surface area contributed by atoms with Crippen LogP contribution in [0.15, 0.2) is 12.2 Å². The Balaban J connectivity index is 2.08. The number of esters is 3. The highest BCUT2D eigenvalue weighted by Gasteiger charge is 2.43. The summed E-state index contributed by atoms with van der Waals surface area (Å²) < 4.78 is 27.2. The molecule has 0 aliphatic carbocycles. The molecular formula is C28H45NO10. The molecule has 2 fully saturated rings. The number of rotatable bonds is 18. The van der Waals surface area contributed by atoms with Crippen LogP contribution >= 0.6 is 0 Å². The first-order valence-electron chi connectivity index (χ1n) is 13.7. The number of aliphatic hydroxyl groups is 1. The lowest BCUT2D eigenvalue weighted by Gasteiger charge is -2.36. The Morgan fingerprint density at radius 2 is 1.87 bits per heavy atom. The summed E-state index contributed by atoms with van der Waals surface area (Å²) in [4.78, 5) is 51.1. The second-order valence-electron chi connectivity index (χ2n) is 10.9. The molecule has 2 aliphatic rings. The lowest BCUT2D eigenvalue weighted by molar-refractivity contribution is -0.164. The van der Waals surface area contributed by atoms with Crippen LogP contribution in [-0.2, 0) is 42.9 Å². The van der Waals surface area contributed by atoms with Crippen molar-refractivity contribution in [2.24, 2.45) is 5.41 Å². The molecule has 1 amide bonds. The van der Waals surface area contributed by atoms with E-state index in [1.54, 1.807) is 11.8 Å². The maximum atomic E-state index is 13.4. The van der Waals surface area contributed by atoms with Crippen molar-refractivity contribution >= 4 is 23.8 Å². The van der Waals surface area contributed by atoms with Crippen molar-refractivity contribution in [3.8, 4) is 0 Å². The van der Waals surface area contributed by atoms with Crippen molar-refractivity contribution in [2.75, 3.05) is 33.0 Å². The summed E-state index contributed by atoms with van der Waals surface area (Å²) in [5, 5.41) is 10.2. The fourth-order valence-electron chi connectivity index (χ4n) is 4.80. The van der Waals surface area contributed by atoms with E-state index in [1.165, 1.54) is 13.8 Å². The molecule has 2 saturated heterocycles. The van der Waals surface area contributed by atoms with Crippen LogP contribution in [0.5, 0.6) is 0 Å². The largest absolute Gasteiger partial charge is 0.462 e. The topological polar surface area (TPSA) is 141 Å². The fourth-order valence-corrected chi connectivity index (χ4v) is 4.80. The van der Waals surface area contributed by atoms with Gasteiger partial charge >= 0.3 is 17.9 Å². The first-order valence-corrected chi connectivity index (χ1v) is 13.7. The van der Waals surface area contributed by atoms with Gasteiger partial charge in [0.1, 0.15) is 31.5 Å². The molecule has 11 nitrogen and oxygen atoms in total. The van der Waals surface area contributed by atoms with E-state index in [0.29, 0.717) is 32.4 Å². The summed E-state index contributed by atoms with van der Waals surface area (Å²) in [6.07, 6.45) is 0.391. The van der Waals surface area contributed by atoms with Crippen LogP contribution in [-0.4, -0.2) is 97.3 Å². The molecule has 2 heterocycles. The summed E-state index contributed by atoms with van der Waals surface area (Å²) >= 11 is 0. The third kappa shape index (κ3) is 11.3. The summed E-state index contributed by atoms with van der Waals surface area (Å²) in [6.45, 7) is 12.9. The van der Waals surface area contributed by atoms with Gasteiger partial charge in [-0.25, -0.2) is 4.79 Å². The Morgan fingerprint density at radius 1 is 1.18 bits per heavy atom. The van der Waals surface area contributed by atoms with Crippen LogP contribution in [0.2, 0.25) is 0 Å². The normalized spacial score (nSPS) is 21.3. The lowest BCUT2D eigenvalue weighted by Crippen LogP contribution is -2.44.